The fourth-order valence-electron chi connectivity index (χ4n) is 2.48. The molecule has 0 saturated heterocycles. The molecule has 3 N–H and O–H groups in total. The average Bonchev–Trinajstić information content (AvgIpc) is 3.19. The highest BCUT2D eigenvalue weighted by Crippen LogP contribution is 2.24. The average molecular weight is 394 g/mol. The number of aliphatic hydroxyl groups is 1. The summed E-state index contributed by atoms with van der Waals surface area (Å²) in [5, 5.41) is 13.9. The first-order valence-electron chi connectivity index (χ1n) is 7.72. The molecule has 0 radical (unpaired) electrons. The van der Waals surface area contributed by atoms with Crippen LogP contribution in [-0.2, 0) is 21.9 Å². The van der Waals surface area contributed by atoms with E-state index in [1.165, 1.54) is 13.1 Å². The molecule has 1 amide bonds. The van der Waals surface area contributed by atoms with E-state index in [9.17, 15) is 18.3 Å². The Bertz CT molecular complexity index is 1060. The van der Waals surface area contributed by atoms with Crippen molar-refractivity contribution < 1.29 is 18.3 Å². The fourth-order valence-corrected chi connectivity index (χ4v) is 4.64. The van der Waals surface area contributed by atoms with Crippen LogP contribution in [0.5, 0.6) is 0 Å². The predicted octanol–water partition coefficient (Wildman–Crippen LogP) is 1.61. The lowest BCUT2D eigenvalue weighted by Crippen LogP contribution is -2.28. The van der Waals surface area contributed by atoms with Gasteiger partial charge in [0.2, 0.25) is 5.91 Å². The lowest BCUT2D eigenvalue weighted by atomic mass is 10.1. The van der Waals surface area contributed by atoms with Gasteiger partial charge in [0.25, 0.3) is 10.0 Å². The van der Waals surface area contributed by atoms with Crippen LogP contribution < -0.4 is 10.0 Å². The molecule has 26 heavy (non-hydrogen) atoms. The normalized spacial score (nSPS) is 13.0. The summed E-state index contributed by atoms with van der Waals surface area (Å²) >= 11 is 0.842. The number of carbonyl (C=O) groups is 1. The molecular formula is C16H18N4O4S2. The van der Waals surface area contributed by atoms with Gasteiger partial charge in [-0.15, -0.1) is 0 Å². The number of benzene rings is 1. The zero-order valence-electron chi connectivity index (χ0n) is 14.1. The molecule has 1 unspecified atom stereocenters. The van der Waals surface area contributed by atoms with E-state index in [-0.39, 0.29) is 21.8 Å². The molecule has 0 bridgehead atoms. The number of hydrogen-bond acceptors (Lipinski definition) is 6. The number of fused-ring (bicyclic) bond motifs is 1. The molecule has 0 aliphatic heterocycles. The summed E-state index contributed by atoms with van der Waals surface area (Å²) in [5.41, 5.74) is 1.64. The topological polar surface area (TPSA) is 113 Å². The van der Waals surface area contributed by atoms with E-state index in [2.05, 4.69) is 15.0 Å². The van der Waals surface area contributed by atoms with Crippen LogP contribution in [0, 0.1) is 0 Å². The number of thiazole rings is 1. The number of rotatable bonds is 6. The van der Waals surface area contributed by atoms with Crippen LogP contribution in [0.3, 0.4) is 0 Å². The molecule has 138 valence electrons. The maximum atomic E-state index is 12.3. The summed E-state index contributed by atoms with van der Waals surface area (Å²) in [7, 11) is -1.90. The Balaban J connectivity index is 1.69. The summed E-state index contributed by atoms with van der Waals surface area (Å²) < 4.78 is 28.9. The van der Waals surface area contributed by atoms with Gasteiger partial charge >= 0.3 is 0 Å². The van der Waals surface area contributed by atoms with Gasteiger partial charge in [-0.05, 0) is 29.1 Å². The zero-order chi connectivity index (χ0) is 18.9. The first-order valence-corrected chi connectivity index (χ1v) is 10.0. The Morgan fingerprint density at radius 3 is 2.88 bits per heavy atom. The van der Waals surface area contributed by atoms with Crippen molar-refractivity contribution in [1.29, 1.82) is 0 Å². The molecule has 8 nitrogen and oxygen atoms in total. The van der Waals surface area contributed by atoms with Gasteiger partial charge in [0.1, 0.15) is 0 Å². The summed E-state index contributed by atoms with van der Waals surface area (Å²) in [6, 6.07) is 7.40. The predicted molar refractivity (Wildman–Crippen MR) is 99.5 cm³/mol. The number of anilines is 1. The van der Waals surface area contributed by atoms with Crippen molar-refractivity contribution in [3.63, 3.8) is 0 Å². The molecule has 0 aliphatic rings. The van der Waals surface area contributed by atoms with Gasteiger partial charge in [-0.2, -0.15) is 0 Å². The number of carbonyl (C=O) groups excluding carboxylic acids is 1. The van der Waals surface area contributed by atoms with Gasteiger partial charge in [-0.3, -0.25) is 4.79 Å². The quantitative estimate of drug-likeness (QED) is 0.588. The molecule has 1 aromatic carbocycles. The number of aryl methyl sites for hydroxylation is 1. The fraction of sp³-hybridized carbons (Fsp3) is 0.250. The second-order valence-corrected chi connectivity index (χ2v) is 8.80. The van der Waals surface area contributed by atoms with Crippen LogP contribution in [0.4, 0.5) is 5.13 Å². The van der Waals surface area contributed by atoms with Crippen molar-refractivity contribution in [3.8, 4) is 0 Å². The minimum atomic E-state index is -3.83. The van der Waals surface area contributed by atoms with Gasteiger partial charge < -0.3 is 15.0 Å². The maximum Gasteiger partial charge on any atom is 0.251 e. The molecule has 2 aromatic heterocycles. The Morgan fingerprint density at radius 1 is 1.38 bits per heavy atom. The first kappa shape index (κ1) is 18.5. The second kappa shape index (κ2) is 7.16. The van der Waals surface area contributed by atoms with E-state index in [0.717, 1.165) is 22.2 Å². The van der Waals surface area contributed by atoms with Gasteiger partial charge in [0, 0.05) is 32.2 Å². The number of aliphatic hydroxyl groups excluding tert-OH is 1. The third kappa shape index (κ3) is 3.93. The number of hydrogen-bond donors (Lipinski definition) is 3. The third-order valence-electron chi connectivity index (χ3n) is 3.79. The van der Waals surface area contributed by atoms with E-state index >= 15 is 0 Å². The van der Waals surface area contributed by atoms with E-state index in [0.29, 0.717) is 5.56 Å². The monoisotopic (exact) mass is 394 g/mol. The third-order valence-corrected chi connectivity index (χ3v) is 6.59. The van der Waals surface area contributed by atoms with E-state index in [1.807, 2.05) is 36.0 Å². The molecule has 2 heterocycles. The lowest BCUT2D eigenvalue weighted by Gasteiger charge is -2.12. The molecule has 1 atom stereocenters. The number of aromatic nitrogens is 2. The first-order chi connectivity index (χ1) is 12.3. The molecule has 0 fully saturated rings. The van der Waals surface area contributed by atoms with Crippen molar-refractivity contribution in [2.45, 2.75) is 17.2 Å². The van der Waals surface area contributed by atoms with Crippen molar-refractivity contribution in [1.82, 2.24) is 14.3 Å². The summed E-state index contributed by atoms with van der Waals surface area (Å²) in [4.78, 5) is 14.8. The minimum Gasteiger partial charge on any atom is -0.387 e. The smallest absolute Gasteiger partial charge is 0.251 e. The van der Waals surface area contributed by atoms with Crippen LogP contribution in [0.1, 0.15) is 18.6 Å². The summed E-state index contributed by atoms with van der Waals surface area (Å²) in [6.07, 6.45) is 2.10. The van der Waals surface area contributed by atoms with Crippen molar-refractivity contribution >= 4 is 43.3 Å². The van der Waals surface area contributed by atoms with Crippen molar-refractivity contribution in [3.05, 3.63) is 42.2 Å². The van der Waals surface area contributed by atoms with E-state index in [4.69, 9.17) is 0 Å². The van der Waals surface area contributed by atoms with E-state index in [1.54, 1.807) is 6.07 Å². The molecule has 0 saturated carbocycles. The molecule has 3 aromatic rings. The Hall–Kier alpha value is -2.27. The van der Waals surface area contributed by atoms with Crippen LogP contribution in [0.25, 0.3) is 10.9 Å². The van der Waals surface area contributed by atoms with E-state index < -0.39 is 16.1 Å². The SMILES string of the molecule is CC(=O)Nc1ncc(S(=O)(=O)NCC(O)c2ccc3c(ccn3C)c2)s1. The molecular weight excluding hydrogens is 376 g/mol. The van der Waals surface area contributed by atoms with Gasteiger partial charge in [-0.1, -0.05) is 17.4 Å². The van der Waals surface area contributed by atoms with Gasteiger partial charge in [-0.25, -0.2) is 18.1 Å². The van der Waals surface area contributed by atoms with Crippen LogP contribution >= 0.6 is 11.3 Å². The van der Waals surface area contributed by atoms with Crippen molar-refractivity contribution in [2.24, 2.45) is 7.05 Å². The zero-order valence-corrected chi connectivity index (χ0v) is 15.8. The molecule has 10 heteroatoms. The van der Waals surface area contributed by atoms with Crippen molar-refractivity contribution in [2.75, 3.05) is 11.9 Å². The highest BCUT2D eigenvalue weighted by atomic mass is 32.2. The Morgan fingerprint density at radius 2 is 2.15 bits per heavy atom. The highest BCUT2D eigenvalue weighted by molar-refractivity contribution is 7.91. The molecule has 0 aliphatic carbocycles. The lowest BCUT2D eigenvalue weighted by molar-refractivity contribution is -0.114. The Kier molecular flexibility index (Phi) is 5.10. The van der Waals surface area contributed by atoms with Crippen LogP contribution in [0.2, 0.25) is 0 Å². The highest BCUT2D eigenvalue weighted by Gasteiger charge is 2.20. The summed E-state index contributed by atoms with van der Waals surface area (Å²) in [6.45, 7) is 1.14. The minimum absolute atomic E-state index is 0.0352. The second-order valence-electron chi connectivity index (χ2n) is 5.78. The molecule has 0 spiro atoms. The number of nitrogens with one attached hydrogen (secondary N) is 2. The number of nitrogens with zero attached hydrogens (tertiary/aromatic N) is 2. The Labute approximate surface area is 154 Å². The van der Waals surface area contributed by atoms with Crippen LogP contribution in [-0.4, -0.2) is 35.5 Å². The maximum absolute atomic E-state index is 12.3. The van der Waals surface area contributed by atoms with Gasteiger partial charge in [0.05, 0.1) is 12.3 Å². The number of amides is 1. The number of sulfonamides is 1. The summed E-state index contributed by atoms with van der Waals surface area (Å²) in [5.74, 6) is -0.331. The largest absolute Gasteiger partial charge is 0.387 e. The standard InChI is InChI=1S/C16H18N4O4S2/c1-10(21)19-16-17-9-15(25-16)26(23,24)18-8-14(22)12-3-4-13-11(7-12)5-6-20(13)2/h3-7,9,14,18,22H,8H2,1-2H3,(H,17,19,21). The van der Waals surface area contributed by atoms with Gasteiger partial charge in [0.15, 0.2) is 9.34 Å². The molecule has 3 rings (SSSR count). The van der Waals surface area contributed by atoms with Crippen LogP contribution in [0.15, 0.2) is 40.9 Å².